The van der Waals surface area contributed by atoms with Gasteiger partial charge in [0.05, 0.1) is 11.8 Å². The average molecular weight is 395 g/mol. The van der Waals surface area contributed by atoms with Gasteiger partial charge in [-0.1, -0.05) is 42.9 Å². The van der Waals surface area contributed by atoms with E-state index in [0.29, 0.717) is 6.42 Å². The number of nitrogens with zero attached hydrogens (tertiary/aromatic N) is 2. The first-order chi connectivity index (χ1) is 13.2. The van der Waals surface area contributed by atoms with Gasteiger partial charge in [0.15, 0.2) is 5.69 Å². The molecule has 0 radical (unpaired) electrons. The Hall–Kier alpha value is -2.57. The fourth-order valence-corrected chi connectivity index (χ4v) is 2.73. The number of hydrogen-bond donors (Lipinski definition) is 2. The number of allylic oxidation sites excluding steroid dienone is 7. The van der Waals surface area contributed by atoms with Gasteiger partial charge in [0.1, 0.15) is 5.76 Å². The van der Waals surface area contributed by atoms with Crippen molar-refractivity contribution in [1.82, 2.24) is 9.78 Å². The van der Waals surface area contributed by atoms with Gasteiger partial charge in [0.25, 0.3) is 0 Å². The summed E-state index contributed by atoms with van der Waals surface area (Å²) in [4.78, 5) is 0. The van der Waals surface area contributed by atoms with Crippen LogP contribution in [0.4, 0.5) is 13.2 Å². The van der Waals surface area contributed by atoms with Crippen molar-refractivity contribution in [2.75, 3.05) is 0 Å². The zero-order valence-corrected chi connectivity index (χ0v) is 16.8. The topological polar surface area (TPSA) is 61.9 Å². The lowest BCUT2D eigenvalue weighted by atomic mass is 9.97. The summed E-state index contributed by atoms with van der Waals surface area (Å²) < 4.78 is 41.0. The Bertz CT molecular complexity index is 796. The molecule has 1 rings (SSSR count). The lowest BCUT2D eigenvalue weighted by molar-refractivity contribution is -0.144. The van der Waals surface area contributed by atoms with Crippen LogP contribution in [-0.4, -0.2) is 20.6 Å². The van der Waals surface area contributed by atoms with E-state index in [1.165, 1.54) is 6.92 Å². The maximum absolute atomic E-state index is 13.4. The summed E-state index contributed by atoms with van der Waals surface area (Å²) in [7, 11) is 0. The van der Waals surface area contributed by atoms with E-state index in [1.807, 2.05) is 44.2 Å². The fraction of sp³-hybridized carbons (Fsp3) is 0.429. The van der Waals surface area contributed by atoms with Gasteiger partial charge in [0.2, 0.25) is 0 Å². The Kier molecular flexibility index (Phi) is 8.96. The second kappa shape index (κ2) is 10.7. The minimum absolute atomic E-state index is 0.0283. The monoisotopic (exact) mass is 395 g/mol. The molecule has 154 valence electrons. The van der Waals surface area contributed by atoms with Crippen molar-refractivity contribution in [2.24, 2.45) is 0 Å². The number of aliphatic hydroxyl groups excluding tert-OH is 1. The highest BCUT2D eigenvalue weighted by molar-refractivity contribution is 6.03. The molecule has 0 saturated heterocycles. The zero-order chi connectivity index (χ0) is 21.3. The summed E-state index contributed by atoms with van der Waals surface area (Å²) >= 11 is 0. The van der Waals surface area contributed by atoms with Gasteiger partial charge < -0.3 is 10.5 Å². The number of aromatic nitrogens is 2. The lowest BCUT2D eigenvalue weighted by Gasteiger charge is -2.13. The first-order valence-corrected chi connectivity index (χ1v) is 9.23. The largest absolute Gasteiger partial charge is 0.507 e. The van der Waals surface area contributed by atoms with Gasteiger partial charge in [-0.15, -0.1) is 0 Å². The van der Waals surface area contributed by atoms with Crippen LogP contribution in [-0.2, 0) is 12.7 Å². The summed E-state index contributed by atoms with van der Waals surface area (Å²) in [5, 5.41) is 22.4. The number of aryl methyl sites for hydroxylation is 1. The van der Waals surface area contributed by atoms with Crippen LogP contribution in [0.1, 0.15) is 58.2 Å². The van der Waals surface area contributed by atoms with Crippen molar-refractivity contribution in [3.63, 3.8) is 0 Å². The van der Waals surface area contributed by atoms with Gasteiger partial charge in [-0.2, -0.15) is 18.3 Å². The number of nitrogens with one attached hydrogen (secondary N) is 1. The Balaban J connectivity index is 3.16. The maximum Gasteiger partial charge on any atom is 0.433 e. The molecule has 1 aromatic rings. The highest BCUT2D eigenvalue weighted by Crippen LogP contribution is 2.35. The Morgan fingerprint density at radius 3 is 2.50 bits per heavy atom. The summed E-state index contributed by atoms with van der Waals surface area (Å²) in [6.07, 6.45) is 7.69. The first kappa shape index (κ1) is 23.5. The molecule has 1 heterocycles. The van der Waals surface area contributed by atoms with E-state index in [-0.39, 0.29) is 24.3 Å². The molecule has 0 aromatic carbocycles. The van der Waals surface area contributed by atoms with Crippen LogP contribution >= 0.6 is 0 Å². The highest BCUT2D eigenvalue weighted by Gasteiger charge is 2.39. The molecule has 0 amide bonds. The van der Waals surface area contributed by atoms with Crippen molar-refractivity contribution in [1.29, 1.82) is 5.41 Å². The van der Waals surface area contributed by atoms with Crippen LogP contribution in [0.15, 0.2) is 47.7 Å². The zero-order valence-electron chi connectivity index (χ0n) is 16.8. The highest BCUT2D eigenvalue weighted by atomic mass is 19.4. The molecule has 1 aromatic heterocycles. The maximum atomic E-state index is 13.4. The number of aliphatic hydroxyl groups is 1. The smallest absolute Gasteiger partial charge is 0.433 e. The van der Waals surface area contributed by atoms with Crippen LogP contribution in [0.3, 0.4) is 0 Å². The molecule has 0 fully saturated rings. The molecule has 0 spiro atoms. The number of halogens is 3. The molecule has 28 heavy (non-hydrogen) atoms. The summed E-state index contributed by atoms with van der Waals surface area (Å²) in [5.74, 6) is -0.558. The van der Waals surface area contributed by atoms with Crippen LogP contribution < -0.4 is 0 Å². The van der Waals surface area contributed by atoms with Gasteiger partial charge in [-0.3, -0.25) is 4.68 Å². The van der Waals surface area contributed by atoms with Gasteiger partial charge in [-0.05, 0) is 33.6 Å². The third kappa shape index (κ3) is 6.25. The van der Waals surface area contributed by atoms with E-state index in [4.69, 9.17) is 5.41 Å². The van der Waals surface area contributed by atoms with E-state index in [2.05, 4.69) is 5.10 Å². The summed E-state index contributed by atoms with van der Waals surface area (Å²) in [6, 6.07) is 0. The van der Waals surface area contributed by atoms with Crippen molar-refractivity contribution >= 4 is 11.5 Å². The Labute approximate surface area is 164 Å². The average Bonchev–Trinajstić information content (AvgIpc) is 3.08. The van der Waals surface area contributed by atoms with E-state index in [1.54, 1.807) is 6.92 Å². The molecule has 0 aliphatic carbocycles. The fourth-order valence-electron chi connectivity index (χ4n) is 2.73. The van der Waals surface area contributed by atoms with Crippen molar-refractivity contribution in [3.05, 3.63) is 59.0 Å². The van der Waals surface area contributed by atoms with Crippen LogP contribution in [0, 0.1) is 5.41 Å². The second-order valence-corrected chi connectivity index (χ2v) is 6.28. The summed E-state index contributed by atoms with van der Waals surface area (Å²) in [5.41, 5.74) is -0.237. The molecule has 4 nitrogen and oxygen atoms in total. The third-order valence-electron chi connectivity index (χ3n) is 4.19. The molecule has 0 atom stereocenters. The minimum Gasteiger partial charge on any atom is -0.507 e. The van der Waals surface area contributed by atoms with Crippen LogP contribution in [0.5, 0.6) is 0 Å². The van der Waals surface area contributed by atoms with Gasteiger partial charge in [-0.25, -0.2) is 0 Å². The molecule has 0 unspecified atom stereocenters. The van der Waals surface area contributed by atoms with E-state index in [0.717, 1.165) is 22.9 Å². The molecule has 0 aliphatic heterocycles. The predicted molar refractivity (Wildman–Crippen MR) is 107 cm³/mol. The molecule has 0 saturated carbocycles. The van der Waals surface area contributed by atoms with E-state index in [9.17, 15) is 18.3 Å². The predicted octanol–water partition coefficient (Wildman–Crippen LogP) is 6.48. The lowest BCUT2D eigenvalue weighted by Crippen LogP contribution is -2.16. The van der Waals surface area contributed by atoms with Crippen molar-refractivity contribution in [3.8, 4) is 0 Å². The van der Waals surface area contributed by atoms with Crippen molar-refractivity contribution in [2.45, 2.75) is 59.7 Å². The third-order valence-corrected chi connectivity index (χ3v) is 4.19. The summed E-state index contributed by atoms with van der Waals surface area (Å²) in [6.45, 7) is 6.93. The first-order valence-electron chi connectivity index (χ1n) is 9.23. The molecular weight excluding hydrogens is 367 g/mol. The van der Waals surface area contributed by atoms with Gasteiger partial charge in [0, 0.05) is 24.3 Å². The van der Waals surface area contributed by atoms with E-state index < -0.39 is 23.2 Å². The van der Waals surface area contributed by atoms with Crippen LogP contribution in [0.25, 0.3) is 5.76 Å². The Morgan fingerprint density at radius 2 is 1.96 bits per heavy atom. The number of alkyl halides is 3. The SMILES string of the molecule is C/C=C\C=CC/C(=C\CC)CC(=N)/C(C)=C(\O)c1cnn(CC)c1C(F)(F)F. The van der Waals surface area contributed by atoms with Gasteiger partial charge >= 0.3 is 6.18 Å². The molecule has 7 heteroatoms. The van der Waals surface area contributed by atoms with Crippen molar-refractivity contribution < 1.29 is 18.3 Å². The minimum atomic E-state index is -4.65. The standard InChI is InChI=1S/C21H28F3N3O/c1-5-8-9-10-12-16(11-6-2)13-18(25)15(4)19(28)17-14-26-27(7-3)20(17)21(22,23)24/h5,8-11,14,25,28H,6-7,12-13H2,1-4H3/b8-5-,10-9?,16-11+,19-15-,25-18?. The molecular formula is C21H28F3N3O. The normalized spacial score (nSPS) is 14.2. The molecule has 0 aliphatic rings. The number of hydrogen-bond acceptors (Lipinski definition) is 3. The molecule has 0 bridgehead atoms. The second-order valence-electron chi connectivity index (χ2n) is 6.28. The van der Waals surface area contributed by atoms with Crippen LogP contribution in [0.2, 0.25) is 0 Å². The van der Waals surface area contributed by atoms with E-state index >= 15 is 0 Å². The Morgan fingerprint density at radius 1 is 1.29 bits per heavy atom. The number of rotatable bonds is 9. The molecule has 2 N–H and O–H groups in total. The quantitative estimate of drug-likeness (QED) is 0.218.